The van der Waals surface area contributed by atoms with Crippen LogP contribution in [0.5, 0.6) is 0 Å². The van der Waals surface area contributed by atoms with Crippen LogP contribution in [0.25, 0.3) is 92.7 Å². The fourth-order valence-electron chi connectivity index (χ4n) is 7.24. The fourth-order valence-corrected chi connectivity index (χ4v) is 8.37. The Labute approximate surface area is 293 Å². The molecule has 10 rings (SSSR count). The zero-order valence-corrected chi connectivity index (χ0v) is 27.8. The van der Waals surface area contributed by atoms with Gasteiger partial charge in [0.1, 0.15) is 0 Å². The highest BCUT2D eigenvalue weighted by molar-refractivity contribution is 7.26. The Balaban J connectivity index is 1.16. The lowest BCUT2D eigenvalue weighted by Crippen LogP contribution is -1.94. The highest BCUT2D eigenvalue weighted by Gasteiger charge is 2.18. The van der Waals surface area contributed by atoms with E-state index in [0.717, 1.165) is 49.5 Å². The SMILES string of the molecule is c1ccc(-c2cccc(-c3nc(-c4ccccc4)nc4c3sc3ccc(-c5cccc(-n6c7ccccc7c7ccccc76)c5)cc34)c2)cc1. The molecule has 3 nitrogen and oxygen atoms in total. The van der Waals surface area contributed by atoms with Gasteiger partial charge in [0.05, 0.1) is 26.9 Å². The fraction of sp³-hybridized carbons (Fsp3) is 0. The van der Waals surface area contributed by atoms with Crippen molar-refractivity contribution in [3.8, 4) is 50.6 Å². The minimum atomic E-state index is 0.733. The largest absolute Gasteiger partial charge is 0.309 e. The number of hydrogen-bond acceptors (Lipinski definition) is 3. The first-order valence-electron chi connectivity index (χ1n) is 16.8. The summed E-state index contributed by atoms with van der Waals surface area (Å²) in [5.74, 6) is 0.733. The molecule has 0 bridgehead atoms. The number of thiophene rings is 1. The molecule has 50 heavy (non-hydrogen) atoms. The molecule has 3 aromatic heterocycles. The Bertz CT molecular complexity index is 2810. The van der Waals surface area contributed by atoms with Crippen LogP contribution < -0.4 is 0 Å². The first kappa shape index (κ1) is 28.6. The number of aromatic nitrogens is 3. The van der Waals surface area contributed by atoms with E-state index in [1.165, 1.54) is 43.2 Å². The van der Waals surface area contributed by atoms with Crippen molar-refractivity contribution in [2.45, 2.75) is 0 Å². The summed E-state index contributed by atoms with van der Waals surface area (Å²) in [5, 5.41) is 3.67. The molecule has 0 atom stereocenters. The second kappa shape index (κ2) is 11.7. The lowest BCUT2D eigenvalue weighted by molar-refractivity contribution is 1.18. The van der Waals surface area contributed by atoms with E-state index in [0.29, 0.717) is 0 Å². The molecule has 10 aromatic rings. The molecule has 0 saturated carbocycles. The van der Waals surface area contributed by atoms with Gasteiger partial charge in [-0.15, -0.1) is 11.3 Å². The lowest BCUT2D eigenvalue weighted by Gasteiger charge is -2.11. The van der Waals surface area contributed by atoms with Gasteiger partial charge in [-0.3, -0.25) is 0 Å². The van der Waals surface area contributed by atoms with E-state index < -0.39 is 0 Å². The molecule has 7 aromatic carbocycles. The summed E-state index contributed by atoms with van der Waals surface area (Å²) < 4.78 is 4.67. The van der Waals surface area contributed by atoms with Crippen molar-refractivity contribution >= 4 is 53.4 Å². The predicted molar refractivity (Wildman–Crippen MR) is 211 cm³/mol. The summed E-state index contributed by atoms with van der Waals surface area (Å²) in [5.41, 5.74) is 12.3. The zero-order chi connectivity index (χ0) is 33.0. The van der Waals surface area contributed by atoms with Gasteiger partial charge in [-0.05, 0) is 64.7 Å². The molecule has 0 N–H and O–H groups in total. The van der Waals surface area contributed by atoms with Gasteiger partial charge in [0.25, 0.3) is 0 Å². The molecular weight excluding hydrogens is 627 g/mol. The number of para-hydroxylation sites is 2. The van der Waals surface area contributed by atoms with Crippen molar-refractivity contribution in [3.05, 3.63) is 176 Å². The van der Waals surface area contributed by atoms with E-state index in [-0.39, 0.29) is 0 Å². The molecule has 0 spiro atoms. The van der Waals surface area contributed by atoms with E-state index in [9.17, 15) is 0 Å². The van der Waals surface area contributed by atoms with Crippen molar-refractivity contribution in [1.82, 2.24) is 14.5 Å². The number of rotatable bonds is 5. The van der Waals surface area contributed by atoms with E-state index in [4.69, 9.17) is 9.97 Å². The minimum absolute atomic E-state index is 0.733. The predicted octanol–water partition coefficient (Wildman–Crippen LogP) is 12.6. The average molecular weight is 656 g/mol. The molecule has 0 aliphatic carbocycles. The molecule has 4 heteroatoms. The maximum absolute atomic E-state index is 5.26. The van der Waals surface area contributed by atoms with Gasteiger partial charge in [-0.2, -0.15) is 0 Å². The van der Waals surface area contributed by atoms with Crippen molar-refractivity contribution in [1.29, 1.82) is 0 Å². The van der Waals surface area contributed by atoms with Crippen LogP contribution in [0.15, 0.2) is 176 Å². The first-order chi connectivity index (χ1) is 24.8. The third-order valence-corrected chi connectivity index (χ3v) is 10.8. The van der Waals surface area contributed by atoms with E-state index >= 15 is 0 Å². The molecule has 0 amide bonds. The van der Waals surface area contributed by atoms with Crippen LogP contribution in [0.1, 0.15) is 0 Å². The van der Waals surface area contributed by atoms with Crippen LogP contribution in [-0.2, 0) is 0 Å². The first-order valence-corrected chi connectivity index (χ1v) is 17.6. The second-order valence-electron chi connectivity index (χ2n) is 12.6. The average Bonchev–Trinajstić information content (AvgIpc) is 3.74. The topological polar surface area (TPSA) is 30.7 Å². The zero-order valence-electron chi connectivity index (χ0n) is 27.0. The Morgan fingerprint density at radius 1 is 0.400 bits per heavy atom. The summed E-state index contributed by atoms with van der Waals surface area (Å²) in [6, 6.07) is 62.6. The van der Waals surface area contributed by atoms with Crippen molar-refractivity contribution < 1.29 is 0 Å². The van der Waals surface area contributed by atoms with E-state index in [2.05, 4.69) is 162 Å². The summed E-state index contributed by atoms with van der Waals surface area (Å²) >= 11 is 1.77. The number of hydrogen-bond donors (Lipinski definition) is 0. The molecule has 0 saturated heterocycles. The van der Waals surface area contributed by atoms with Crippen LogP contribution in [0.4, 0.5) is 0 Å². The molecule has 3 heterocycles. The summed E-state index contributed by atoms with van der Waals surface area (Å²) in [6.45, 7) is 0. The number of nitrogens with zero attached hydrogens (tertiary/aromatic N) is 3. The van der Waals surface area contributed by atoms with Crippen molar-refractivity contribution in [2.24, 2.45) is 0 Å². The third-order valence-electron chi connectivity index (χ3n) is 9.61. The van der Waals surface area contributed by atoms with Gasteiger partial charge in [0, 0.05) is 37.7 Å². The number of fused-ring (bicyclic) bond motifs is 6. The van der Waals surface area contributed by atoms with Crippen LogP contribution in [0, 0.1) is 0 Å². The maximum atomic E-state index is 5.26. The lowest BCUT2D eigenvalue weighted by atomic mass is 10.0. The molecule has 0 fully saturated rings. The quantitative estimate of drug-likeness (QED) is 0.185. The Morgan fingerprint density at radius 3 is 1.72 bits per heavy atom. The van der Waals surface area contributed by atoms with Gasteiger partial charge in [0.2, 0.25) is 0 Å². The van der Waals surface area contributed by atoms with Crippen LogP contribution in [0.3, 0.4) is 0 Å². The minimum Gasteiger partial charge on any atom is -0.309 e. The third kappa shape index (κ3) is 4.73. The molecule has 0 radical (unpaired) electrons. The van der Waals surface area contributed by atoms with Crippen LogP contribution in [0.2, 0.25) is 0 Å². The Morgan fingerprint density at radius 2 is 0.980 bits per heavy atom. The highest BCUT2D eigenvalue weighted by Crippen LogP contribution is 2.42. The van der Waals surface area contributed by atoms with E-state index in [1.54, 1.807) is 11.3 Å². The normalized spacial score (nSPS) is 11.6. The Kier molecular flexibility index (Phi) is 6.68. The van der Waals surface area contributed by atoms with Gasteiger partial charge in [-0.1, -0.05) is 133 Å². The smallest absolute Gasteiger partial charge is 0.160 e. The maximum Gasteiger partial charge on any atom is 0.160 e. The Hall–Kier alpha value is -6.36. The molecule has 234 valence electrons. The summed E-state index contributed by atoms with van der Waals surface area (Å²) in [4.78, 5) is 10.5. The molecule has 0 aliphatic rings. The highest BCUT2D eigenvalue weighted by atomic mass is 32.1. The van der Waals surface area contributed by atoms with Gasteiger partial charge < -0.3 is 4.57 Å². The molecule has 0 aliphatic heterocycles. The van der Waals surface area contributed by atoms with Gasteiger partial charge >= 0.3 is 0 Å². The van der Waals surface area contributed by atoms with Crippen molar-refractivity contribution in [3.63, 3.8) is 0 Å². The number of benzene rings is 7. The molecule has 0 unspecified atom stereocenters. The van der Waals surface area contributed by atoms with E-state index in [1.807, 2.05) is 18.2 Å². The van der Waals surface area contributed by atoms with Crippen molar-refractivity contribution in [2.75, 3.05) is 0 Å². The standard InChI is InChI=1S/C46H29N3S/c1-3-13-30(14-4-1)32-17-11-19-35(27-32)43-45-44(48-46(47-43)31-15-5-2-6-16-31)39-29-34(25-26-42(39)50-45)33-18-12-20-36(28-33)49-40-23-9-7-21-37(40)38-22-8-10-24-41(38)49/h1-29H. The summed E-state index contributed by atoms with van der Waals surface area (Å²) in [7, 11) is 0. The summed E-state index contributed by atoms with van der Waals surface area (Å²) in [6.07, 6.45) is 0. The van der Waals surface area contributed by atoms with Crippen LogP contribution >= 0.6 is 11.3 Å². The monoisotopic (exact) mass is 655 g/mol. The second-order valence-corrected chi connectivity index (χ2v) is 13.7. The van der Waals surface area contributed by atoms with Crippen LogP contribution in [-0.4, -0.2) is 14.5 Å². The molecular formula is C46H29N3S. The van der Waals surface area contributed by atoms with Gasteiger partial charge in [-0.25, -0.2) is 9.97 Å². The van der Waals surface area contributed by atoms with Gasteiger partial charge in [0.15, 0.2) is 5.82 Å².